The number of thioether (sulfide) groups is 1. The Labute approximate surface area is 130 Å². The van der Waals surface area contributed by atoms with E-state index in [4.69, 9.17) is 4.52 Å². The van der Waals surface area contributed by atoms with Crippen LogP contribution in [0.2, 0.25) is 0 Å². The molecule has 0 unspecified atom stereocenters. The predicted octanol–water partition coefficient (Wildman–Crippen LogP) is 2.89. The molecule has 5 nitrogen and oxygen atoms in total. The Morgan fingerprint density at radius 3 is 2.82 bits per heavy atom. The molecule has 0 spiro atoms. The standard InChI is InChI=1S/C14H15F2N3O2S/c15-14(16)20-11-4-2-1-3-10(11)13-17-12(21-18-13)9-19-5-7-22-8-6-19/h1-4,14H,5-9H2. The van der Waals surface area contributed by atoms with Crippen molar-refractivity contribution >= 4 is 11.8 Å². The van der Waals surface area contributed by atoms with Gasteiger partial charge in [-0.05, 0) is 12.1 Å². The zero-order valence-electron chi connectivity index (χ0n) is 11.7. The molecule has 0 N–H and O–H groups in total. The van der Waals surface area contributed by atoms with E-state index in [1.54, 1.807) is 18.2 Å². The number of ether oxygens (including phenoxy) is 1. The lowest BCUT2D eigenvalue weighted by Gasteiger charge is -2.24. The van der Waals surface area contributed by atoms with E-state index in [0.717, 1.165) is 24.6 Å². The molecule has 22 heavy (non-hydrogen) atoms. The monoisotopic (exact) mass is 327 g/mol. The van der Waals surface area contributed by atoms with Crippen molar-refractivity contribution in [2.45, 2.75) is 13.2 Å². The van der Waals surface area contributed by atoms with Gasteiger partial charge in [-0.2, -0.15) is 25.5 Å². The minimum absolute atomic E-state index is 0.0409. The minimum atomic E-state index is -2.89. The number of nitrogens with zero attached hydrogens (tertiary/aromatic N) is 3. The Morgan fingerprint density at radius 2 is 2.05 bits per heavy atom. The number of hydrogen-bond acceptors (Lipinski definition) is 6. The third-order valence-electron chi connectivity index (χ3n) is 3.27. The predicted molar refractivity (Wildman–Crippen MR) is 79.0 cm³/mol. The number of para-hydroxylation sites is 1. The van der Waals surface area contributed by atoms with Crippen molar-refractivity contribution in [1.29, 1.82) is 0 Å². The van der Waals surface area contributed by atoms with Gasteiger partial charge in [-0.15, -0.1) is 0 Å². The first-order valence-corrected chi connectivity index (χ1v) is 8.05. The largest absolute Gasteiger partial charge is 0.434 e. The van der Waals surface area contributed by atoms with Crippen LogP contribution in [0.5, 0.6) is 5.75 Å². The number of halogens is 2. The Bertz CT molecular complexity index is 618. The molecule has 1 fully saturated rings. The van der Waals surface area contributed by atoms with Gasteiger partial charge in [0, 0.05) is 24.6 Å². The lowest BCUT2D eigenvalue weighted by molar-refractivity contribution is -0.0494. The highest BCUT2D eigenvalue weighted by Crippen LogP contribution is 2.29. The molecule has 0 amide bonds. The summed E-state index contributed by atoms with van der Waals surface area (Å²) < 4.78 is 34.6. The van der Waals surface area contributed by atoms with Gasteiger partial charge in [0.25, 0.3) is 0 Å². The zero-order chi connectivity index (χ0) is 15.4. The molecule has 3 rings (SSSR count). The van der Waals surface area contributed by atoms with Crippen LogP contribution in [0.15, 0.2) is 28.8 Å². The molecular formula is C14H15F2N3O2S. The van der Waals surface area contributed by atoms with Gasteiger partial charge in [0.05, 0.1) is 12.1 Å². The summed E-state index contributed by atoms with van der Waals surface area (Å²) in [5.74, 6) is 2.96. The molecule has 8 heteroatoms. The molecule has 0 atom stereocenters. The second-order valence-electron chi connectivity index (χ2n) is 4.77. The Hall–Kier alpha value is -1.67. The molecular weight excluding hydrogens is 312 g/mol. The molecule has 0 radical (unpaired) electrons. The van der Waals surface area contributed by atoms with E-state index in [2.05, 4.69) is 19.8 Å². The summed E-state index contributed by atoms with van der Waals surface area (Å²) in [6, 6.07) is 6.42. The molecule has 0 saturated carbocycles. The van der Waals surface area contributed by atoms with Crippen LogP contribution in [0, 0.1) is 0 Å². The normalized spacial score (nSPS) is 16.1. The maximum Gasteiger partial charge on any atom is 0.387 e. The summed E-state index contributed by atoms with van der Waals surface area (Å²) >= 11 is 1.92. The summed E-state index contributed by atoms with van der Waals surface area (Å²) in [7, 11) is 0. The van der Waals surface area contributed by atoms with Crippen LogP contribution in [0.4, 0.5) is 8.78 Å². The molecule has 118 valence electrons. The summed E-state index contributed by atoms with van der Waals surface area (Å²) in [6.07, 6.45) is 0. The third-order valence-corrected chi connectivity index (χ3v) is 4.22. The quantitative estimate of drug-likeness (QED) is 0.842. The fraction of sp³-hybridized carbons (Fsp3) is 0.429. The average Bonchev–Trinajstić information content (AvgIpc) is 2.96. The summed E-state index contributed by atoms with van der Waals surface area (Å²) in [4.78, 5) is 6.52. The fourth-order valence-corrected chi connectivity index (χ4v) is 3.21. The van der Waals surface area contributed by atoms with Gasteiger partial charge in [0.2, 0.25) is 11.7 Å². The molecule has 2 aromatic rings. The van der Waals surface area contributed by atoms with Crippen molar-refractivity contribution < 1.29 is 18.0 Å². The van der Waals surface area contributed by atoms with E-state index in [-0.39, 0.29) is 11.6 Å². The van der Waals surface area contributed by atoms with Crippen molar-refractivity contribution in [3.05, 3.63) is 30.2 Å². The molecule has 1 aromatic heterocycles. The topological polar surface area (TPSA) is 51.4 Å². The number of aromatic nitrogens is 2. The molecule has 1 saturated heterocycles. The van der Waals surface area contributed by atoms with Crippen molar-refractivity contribution in [2.75, 3.05) is 24.6 Å². The Morgan fingerprint density at radius 1 is 1.27 bits per heavy atom. The zero-order valence-corrected chi connectivity index (χ0v) is 12.6. The van der Waals surface area contributed by atoms with E-state index in [1.165, 1.54) is 6.07 Å². The maximum absolute atomic E-state index is 12.4. The summed E-state index contributed by atoms with van der Waals surface area (Å²) in [6.45, 7) is -0.356. The number of benzene rings is 1. The first-order valence-electron chi connectivity index (χ1n) is 6.89. The second-order valence-corrected chi connectivity index (χ2v) is 6.00. The van der Waals surface area contributed by atoms with Gasteiger partial charge in [-0.3, -0.25) is 4.90 Å². The van der Waals surface area contributed by atoms with E-state index >= 15 is 0 Å². The van der Waals surface area contributed by atoms with E-state index < -0.39 is 6.61 Å². The number of rotatable bonds is 5. The van der Waals surface area contributed by atoms with Gasteiger partial charge in [0.1, 0.15) is 5.75 Å². The van der Waals surface area contributed by atoms with Crippen molar-refractivity contribution in [3.8, 4) is 17.1 Å². The van der Waals surface area contributed by atoms with Crippen LogP contribution in [0.3, 0.4) is 0 Å². The van der Waals surface area contributed by atoms with E-state index in [9.17, 15) is 8.78 Å². The molecule has 0 aliphatic carbocycles. The summed E-state index contributed by atoms with van der Waals surface area (Å²) in [5, 5.41) is 3.88. The molecule has 1 aliphatic heterocycles. The lowest BCUT2D eigenvalue weighted by Crippen LogP contribution is -2.32. The fourth-order valence-electron chi connectivity index (χ4n) is 2.23. The van der Waals surface area contributed by atoms with Crippen LogP contribution < -0.4 is 4.74 Å². The number of hydrogen-bond donors (Lipinski definition) is 0. The summed E-state index contributed by atoms with van der Waals surface area (Å²) in [5.41, 5.74) is 0.395. The second kappa shape index (κ2) is 7.06. The molecule has 1 aromatic carbocycles. The molecule has 2 heterocycles. The van der Waals surface area contributed by atoms with E-state index in [1.807, 2.05) is 11.8 Å². The average molecular weight is 327 g/mol. The van der Waals surface area contributed by atoms with Gasteiger partial charge in [-0.1, -0.05) is 17.3 Å². The minimum Gasteiger partial charge on any atom is -0.434 e. The third kappa shape index (κ3) is 3.75. The highest BCUT2D eigenvalue weighted by molar-refractivity contribution is 7.99. The first-order chi connectivity index (χ1) is 10.7. The van der Waals surface area contributed by atoms with Gasteiger partial charge < -0.3 is 9.26 Å². The van der Waals surface area contributed by atoms with E-state index in [0.29, 0.717) is 18.0 Å². The van der Waals surface area contributed by atoms with Gasteiger partial charge >= 0.3 is 6.61 Å². The van der Waals surface area contributed by atoms with Crippen LogP contribution in [0.1, 0.15) is 5.89 Å². The van der Waals surface area contributed by atoms with Crippen LogP contribution in [-0.2, 0) is 6.54 Å². The van der Waals surface area contributed by atoms with Crippen LogP contribution in [-0.4, -0.2) is 46.2 Å². The smallest absolute Gasteiger partial charge is 0.387 e. The van der Waals surface area contributed by atoms with Gasteiger partial charge in [0.15, 0.2) is 0 Å². The van der Waals surface area contributed by atoms with Crippen molar-refractivity contribution in [3.63, 3.8) is 0 Å². The highest BCUT2D eigenvalue weighted by Gasteiger charge is 2.18. The SMILES string of the molecule is FC(F)Oc1ccccc1-c1noc(CN2CCSCC2)n1. The Kier molecular flexibility index (Phi) is 4.89. The van der Waals surface area contributed by atoms with Gasteiger partial charge in [-0.25, -0.2) is 0 Å². The van der Waals surface area contributed by atoms with Crippen molar-refractivity contribution in [2.24, 2.45) is 0 Å². The molecule has 1 aliphatic rings. The first kappa shape index (κ1) is 15.2. The maximum atomic E-state index is 12.4. The Balaban J connectivity index is 1.75. The molecule has 0 bridgehead atoms. The van der Waals surface area contributed by atoms with Crippen molar-refractivity contribution in [1.82, 2.24) is 15.0 Å². The van der Waals surface area contributed by atoms with Crippen LogP contribution >= 0.6 is 11.8 Å². The highest BCUT2D eigenvalue weighted by atomic mass is 32.2. The lowest BCUT2D eigenvalue weighted by atomic mass is 10.2. The van der Waals surface area contributed by atoms with Crippen LogP contribution in [0.25, 0.3) is 11.4 Å². The number of alkyl halides is 2.